The van der Waals surface area contributed by atoms with E-state index in [1.54, 1.807) is 24.3 Å². The Bertz CT molecular complexity index is 1260. The molecule has 0 aliphatic rings. The lowest BCUT2D eigenvalue weighted by atomic mass is 10.1. The van der Waals surface area contributed by atoms with Crippen LogP contribution in [0, 0.1) is 0 Å². The van der Waals surface area contributed by atoms with Gasteiger partial charge in [-0.3, -0.25) is 4.79 Å². The number of Topliss-reactive ketones (excluding diaryl/α,β-unsaturated/α-hetero) is 1. The summed E-state index contributed by atoms with van der Waals surface area (Å²) in [6.45, 7) is -0.403. The van der Waals surface area contributed by atoms with Gasteiger partial charge in [0.15, 0.2) is 6.61 Å². The van der Waals surface area contributed by atoms with Crippen LogP contribution in [0.2, 0.25) is 5.02 Å². The molecule has 0 atom stereocenters. The Kier molecular flexibility index (Phi) is 7.86. The van der Waals surface area contributed by atoms with Crippen LogP contribution in [-0.4, -0.2) is 45.2 Å². The minimum absolute atomic E-state index is 0.00871. The summed E-state index contributed by atoms with van der Waals surface area (Å²) < 4.78 is 37.4. The summed E-state index contributed by atoms with van der Waals surface area (Å²) in [4.78, 5) is 24.9. The first-order chi connectivity index (χ1) is 15.7. The number of hydrogen-bond donors (Lipinski definition) is 0. The maximum Gasteiger partial charge on any atom is 0.340 e. The SMILES string of the molecule is COc1ccccc1C(=O)COC(=O)c1cc(S(=O)(=O)N(C)Cc2ccccc2)ccc1Cl. The van der Waals surface area contributed by atoms with Gasteiger partial charge in [0.2, 0.25) is 15.8 Å². The highest BCUT2D eigenvalue weighted by Crippen LogP contribution is 2.24. The van der Waals surface area contributed by atoms with Crippen molar-refractivity contribution < 1.29 is 27.5 Å². The third-order valence-electron chi connectivity index (χ3n) is 4.86. The number of ketones is 1. The Morgan fingerprint density at radius 1 is 0.939 bits per heavy atom. The van der Waals surface area contributed by atoms with E-state index in [-0.39, 0.29) is 27.6 Å². The number of hydrogen-bond acceptors (Lipinski definition) is 6. The third kappa shape index (κ3) is 5.78. The van der Waals surface area contributed by atoms with Crippen molar-refractivity contribution in [1.29, 1.82) is 0 Å². The number of esters is 1. The number of sulfonamides is 1. The number of ether oxygens (including phenoxy) is 2. The monoisotopic (exact) mass is 487 g/mol. The summed E-state index contributed by atoms with van der Waals surface area (Å²) in [5.74, 6) is -1.03. The largest absolute Gasteiger partial charge is 0.496 e. The van der Waals surface area contributed by atoms with Crippen LogP contribution in [0.5, 0.6) is 5.75 Å². The van der Waals surface area contributed by atoms with E-state index in [1.807, 2.05) is 30.3 Å². The smallest absolute Gasteiger partial charge is 0.340 e. The average Bonchev–Trinajstić information content (AvgIpc) is 2.83. The Balaban J connectivity index is 1.76. The van der Waals surface area contributed by atoms with Crippen LogP contribution in [-0.2, 0) is 21.3 Å². The number of rotatable bonds is 9. The molecule has 0 amide bonds. The molecule has 3 aromatic rings. The molecule has 0 aliphatic heterocycles. The molecule has 3 aromatic carbocycles. The van der Waals surface area contributed by atoms with Gasteiger partial charge in [0.05, 0.1) is 28.2 Å². The third-order valence-corrected chi connectivity index (χ3v) is 6.98. The summed E-state index contributed by atoms with van der Waals surface area (Å²) in [7, 11) is -1.04. The molecule has 0 aromatic heterocycles. The van der Waals surface area contributed by atoms with E-state index in [2.05, 4.69) is 0 Å². The predicted molar refractivity (Wildman–Crippen MR) is 124 cm³/mol. The normalized spacial score (nSPS) is 11.3. The predicted octanol–water partition coefficient (Wildman–Crippen LogP) is 4.21. The second-order valence-electron chi connectivity index (χ2n) is 7.09. The van der Waals surface area contributed by atoms with E-state index in [1.165, 1.54) is 30.6 Å². The number of carbonyl (C=O) groups excluding carboxylic acids is 2. The molecule has 0 radical (unpaired) electrons. The molecule has 33 heavy (non-hydrogen) atoms. The van der Waals surface area contributed by atoms with Gasteiger partial charge in [0.25, 0.3) is 0 Å². The Hall–Kier alpha value is -3.20. The van der Waals surface area contributed by atoms with Crippen LogP contribution in [0.3, 0.4) is 0 Å². The average molecular weight is 488 g/mol. The molecule has 0 saturated heterocycles. The van der Waals surface area contributed by atoms with E-state index >= 15 is 0 Å². The highest BCUT2D eigenvalue weighted by Gasteiger charge is 2.24. The lowest BCUT2D eigenvalue weighted by Crippen LogP contribution is -2.26. The summed E-state index contributed by atoms with van der Waals surface area (Å²) in [6, 6.07) is 19.4. The first-order valence-corrected chi connectivity index (χ1v) is 11.7. The standard InChI is InChI=1S/C24H22ClNO6S/c1-26(15-17-8-4-3-5-9-17)33(29,30)18-12-13-21(25)20(14-18)24(28)32-16-22(27)19-10-6-7-11-23(19)31-2/h3-14H,15-16H2,1-2H3. The van der Waals surface area contributed by atoms with Crippen molar-refractivity contribution >= 4 is 33.4 Å². The molecule has 7 nitrogen and oxygen atoms in total. The van der Waals surface area contributed by atoms with E-state index in [9.17, 15) is 18.0 Å². The van der Waals surface area contributed by atoms with Gasteiger partial charge >= 0.3 is 5.97 Å². The molecule has 3 rings (SSSR count). The first-order valence-electron chi connectivity index (χ1n) is 9.87. The minimum atomic E-state index is -3.91. The second-order valence-corrected chi connectivity index (χ2v) is 9.54. The molecule has 0 fully saturated rings. The first kappa shape index (κ1) is 24.4. The maximum absolute atomic E-state index is 13.0. The molecule has 0 saturated carbocycles. The quantitative estimate of drug-likeness (QED) is 0.332. The van der Waals surface area contributed by atoms with Crippen molar-refractivity contribution in [2.24, 2.45) is 0 Å². The molecule has 0 aliphatic carbocycles. The lowest BCUT2D eigenvalue weighted by molar-refractivity contribution is 0.0474. The van der Waals surface area contributed by atoms with E-state index in [0.717, 1.165) is 11.6 Å². The van der Waals surface area contributed by atoms with Crippen molar-refractivity contribution in [1.82, 2.24) is 4.31 Å². The zero-order chi connectivity index (χ0) is 24.0. The Morgan fingerprint density at radius 3 is 2.30 bits per heavy atom. The minimum Gasteiger partial charge on any atom is -0.496 e. The zero-order valence-corrected chi connectivity index (χ0v) is 19.6. The van der Waals surface area contributed by atoms with Crippen molar-refractivity contribution in [3.63, 3.8) is 0 Å². The van der Waals surface area contributed by atoms with Gasteiger partial charge in [0.1, 0.15) is 5.75 Å². The van der Waals surface area contributed by atoms with Crippen LogP contribution in [0.1, 0.15) is 26.3 Å². The molecule has 0 N–H and O–H groups in total. The van der Waals surface area contributed by atoms with Gasteiger partial charge in [0, 0.05) is 13.6 Å². The maximum atomic E-state index is 13.0. The molecule has 9 heteroatoms. The van der Waals surface area contributed by atoms with Crippen molar-refractivity contribution in [2.75, 3.05) is 20.8 Å². The molecule has 172 valence electrons. The van der Waals surface area contributed by atoms with E-state index in [4.69, 9.17) is 21.1 Å². The van der Waals surface area contributed by atoms with Crippen molar-refractivity contribution in [2.45, 2.75) is 11.4 Å². The number of nitrogens with zero attached hydrogens (tertiary/aromatic N) is 1. The van der Waals surface area contributed by atoms with Gasteiger partial charge in [-0.15, -0.1) is 0 Å². The van der Waals surface area contributed by atoms with Gasteiger partial charge in [-0.25, -0.2) is 13.2 Å². The number of benzene rings is 3. The van der Waals surface area contributed by atoms with Crippen LogP contribution in [0.25, 0.3) is 0 Å². The van der Waals surface area contributed by atoms with Gasteiger partial charge in [-0.2, -0.15) is 4.31 Å². The lowest BCUT2D eigenvalue weighted by Gasteiger charge is -2.18. The fourth-order valence-electron chi connectivity index (χ4n) is 3.09. The number of para-hydroxylation sites is 1. The number of halogens is 1. The molecular weight excluding hydrogens is 466 g/mol. The zero-order valence-electron chi connectivity index (χ0n) is 18.0. The van der Waals surface area contributed by atoms with Crippen molar-refractivity contribution in [3.05, 3.63) is 94.5 Å². The van der Waals surface area contributed by atoms with Crippen LogP contribution in [0.4, 0.5) is 0 Å². The van der Waals surface area contributed by atoms with Crippen LogP contribution >= 0.6 is 11.6 Å². The van der Waals surface area contributed by atoms with Crippen LogP contribution in [0.15, 0.2) is 77.7 Å². The number of carbonyl (C=O) groups is 2. The Morgan fingerprint density at radius 2 is 1.61 bits per heavy atom. The molecule has 0 spiro atoms. The van der Waals surface area contributed by atoms with E-state index in [0.29, 0.717) is 5.75 Å². The van der Waals surface area contributed by atoms with Gasteiger partial charge in [-0.1, -0.05) is 54.1 Å². The fraction of sp³-hybridized carbons (Fsp3) is 0.167. The number of methoxy groups -OCH3 is 1. The highest BCUT2D eigenvalue weighted by molar-refractivity contribution is 7.89. The Labute approximate surface area is 197 Å². The molecule has 0 heterocycles. The second kappa shape index (κ2) is 10.6. The van der Waals surface area contributed by atoms with Crippen molar-refractivity contribution in [3.8, 4) is 5.75 Å². The topological polar surface area (TPSA) is 90.0 Å². The van der Waals surface area contributed by atoms with E-state index < -0.39 is 28.4 Å². The summed E-state index contributed by atoms with van der Waals surface area (Å²) in [6.07, 6.45) is 0. The van der Waals surface area contributed by atoms with Gasteiger partial charge in [-0.05, 0) is 35.9 Å². The molecule has 0 bridgehead atoms. The summed E-state index contributed by atoms with van der Waals surface area (Å²) >= 11 is 6.12. The molecule has 0 unspecified atom stereocenters. The summed E-state index contributed by atoms with van der Waals surface area (Å²) in [5, 5.41) is 0.00871. The van der Waals surface area contributed by atoms with Gasteiger partial charge < -0.3 is 9.47 Å². The molecular formula is C24H22ClNO6S. The fourth-order valence-corrected chi connectivity index (χ4v) is 4.47. The summed E-state index contributed by atoms with van der Waals surface area (Å²) in [5.41, 5.74) is 0.920. The highest BCUT2D eigenvalue weighted by atomic mass is 35.5. The van der Waals surface area contributed by atoms with Crippen LogP contribution < -0.4 is 4.74 Å².